The van der Waals surface area contributed by atoms with Crippen molar-refractivity contribution in [3.05, 3.63) is 95.8 Å². The van der Waals surface area contributed by atoms with Crippen molar-refractivity contribution >= 4 is 27.6 Å². The Balaban J connectivity index is 1.67. The van der Waals surface area contributed by atoms with Crippen LogP contribution in [0.1, 0.15) is 28.5 Å². The Morgan fingerprint density at radius 2 is 1.77 bits per heavy atom. The molecular weight excluding hydrogens is 400 g/mol. The minimum Gasteiger partial charge on any atom is -0.487 e. The van der Waals surface area contributed by atoms with Crippen LogP contribution < -0.4 is 9.46 Å². The number of ketones is 1. The average molecular weight is 423 g/mol. The summed E-state index contributed by atoms with van der Waals surface area (Å²) in [5.41, 5.74) is 2.46. The Morgan fingerprint density at radius 3 is 2.47 bits per heavy atom. The first kappa shape index (κ1) is 21.3. The number of hydrogen-bond acceptors (Lipinski definition) is 5. The first-order valence-corrected chi connectivity index (χ1v) is 11.1. The van der Waals surface area contributed by atoms with Gasteiger partial charge in [0.1, 0.15) is 12.4 Å². The summed E-state index contributed by atoms with van der Waals surface area (Å²) in [5.74, 6) is 0.439. The first-order valence-electron chi connectivity index (χ1n) is 9.41. The van der Waals surface area contributed by atoms with Gasteiger partial charge in [-0.15, -0.1) is 0 Å². The van der Waals surface area contributed by atoms with Gasteiger partial charge in [-0.05, 0) is 61.5 Å². The molecule has 0 fully saturated rings. The largest absolute Gasteiger partial charge is 0.487 e. The fourth-order valence-corrected chi connectivity index (χ4v) is 3.24. The van der Waals surface area contributed by atoms with Gasteiger partial charge in [0.25, 0.3) is 0 Å². The van der Waals surface area contributed by atoms with Crippen LogP contribution in [0.3, 0.4) is 0 Å². The molecule has 1 heterocycles. The minimum atomic E-state index is -3.35. The van der Waals surface area contributed by atoms with E-state index in [0.717, 1.165) is 11.3 Å². The van der Waals surface area contributed by atoms with Crippen LogP contribution in [0.5, 0.6) is 5.75 Å². The second kappa shape index (κ2) is 9.84. The van der Waals surface area contributed by atoms with Crippen molar-refractivity contribution in [1.82, 2.24) is 4.98 Å². The van der Waals surface area contributed by atoms with Crippen molar-refractivity contribution in [1.29, 1.82) is 0 Å². The highest BCUT2D eigenvalue weighted by Gasteiger charge is 2.08. The molecule has 0 spiro atoms. The van der Waals surface area contributed by atoms with Gasteiger partial charge in [0.2, 0.25) is 10.0 Å². The van der Waals surface area contributed by atoms with E-state index in [-0.39, 0.29) is 11.5 Å². The lowest BCUT2D eigenvalue weighted by atomic mass is 10.1. The molecule has 0 atom stereocenters. The van der Waals surface area contributed by atoms with Gasteiger partial charge >= 0.3 is 0 Å². The van der Waals surface area contributed by atoms with Crippen molar-refractivity contribution in [2.45, 2.75) is 13.5 Å². The summed E-state index contributed by atoms with van der Waals surface area (Å²) in [6.45, 7) is 1.89. The molecule has 0 bridgehead atoms. The third kappa shape index (κ3) is 6.02. The molecule has 7 heteroatoms. The van der Waals surface area contributed by atoms with Crippen LogP contribution in [-0.2, 0) is 16.6 Å². The minimum absolute atomic E-state index is 0.0156. The highest BCUT2D eigenvalue weighted by molar-refractivity contribution is 7.92. The van der Waals surface area contributed by atoms with E-state index < -0.39 is 10.0 Å². The van der Waals surface area contributed by atoms with Gasteiger partial charge in [0.05, 0.1) is 11.4 Å². The molecule has 0 unspecified atom stereocenters. The van der Waals surface area contributed by atoms with E-state index in [1.54, 1.807) is 43.5 Å². The van der Waals surface area contributed by atoms with E-state index in [2.05, 4.69) is 9.71 Å². The van der Waals surface area contributed by atoms with Crippen molar-refractivity contribution in [3.63, 3.8) is 0 Å². The first-order chi connectivity index (χ1) is 14.5. The molecule has 3 aromatic rings. The second-order valence-corrected chi connectivity index (χ2v) is 8.44. The average Bonchev–Trinajstić information content (AvgIpc) is 2.77. The van der Waals surface area contributed by atoms with Crippen molar-refractivity contribution in [3.8, 4) is 5.75 Å². The quantitative estimate of drug-likeness (QED) is 0.410. The standard InChI is InChI=1S/C23H22N2O4S/c1-2-30(27,28)25-20-13-10-18(11-14-20)22(26)15-12-19-7-3-4-9-23(19)29-17-21-8-5-6-16-24-21/h3-16,25H,2,17H2,1H3/b15-12+. The molecule has 0 saturated carbocycles. The Morgan fingerprint density at radius 1 is 1.03 bits per heavy atom. The maximum absolute atomic E-state index is 12.5. The number of pyridine rings is 1. The van der Waals surface area contributed by atoms with Gasteiger partial charge in [-0.2, -0.15) is 0 Å². The Labute approximate surface area is 176 Å². The lowest BCUT2D eigenvalue weighted by molar-refractivity contribution is 0.104. The summed E-state index contributed by atoms with van der Waals surface area (Å²) in [7, 11) is -3.35. The summed E-state index contributed by atoms with van der Waals surface area (Å²) in [6, 6.07) is 19.4. The van der Waals surface area contributed by atoms with Crippen molar-refractivity contribution < 1.29 is 17.9 Å². The molecule has 0 saturated heterocycles. The van der Waals surface area contributed by atoms with E-state index in [9.17, 15) is 13.2 Å². The molecule has 6 nitrogen and oxygen atoms in total. The zero-order valence-corrected chi connectivity index (χ0v) is 17.3. The normalized spacial score (nSPS) is 11.4. The number of nitrogens with zero attached hydrogens (tertiary/aromatic N) is 1. The monoisotopic (exact) mass is 422 g/mol. The summed E-state index contributed by atoms with van der Waals surface area (Å²) in [6.07, 6.45) is 4.87. The molecule has 1 aromatic heterocycles. The van der Waals surface area contributed by atoms with Crippen LogP contribution in [0.25, 0.3) is 6.08 Å². The highest BCUT2D eigenvalue weighted by Crippen LogP contribution is 2.21. The van der Waals surface area contributed by atoms with Gasteiger partial charge in [0.15, 0.2) is 5.78 Å². The molecular formula is C23H22N2O4S. The summed E-state index contributed by atoms with van der Waals surface area (Å²) in [5, 5.41) is 0. The van der Waals surface area contributed by atoms with E-state index in [0.29, 0.717) is 23.6 Å². The second-order valence-electron chi connectivity index (χ2n) is 6.43. The number of benzene rings is 2. The summed E-state index contributed by atoms with van der Waals surface area (Å²) < 4.78 is 31.5. The summed E-state index contributed by atoms with van der Waals surface area (Å²) in [4.78, 5) is 16.7. The molecule has 0 aliphatic rings. The molecule has 0 radical (unpaired) electrons. The van der Waals surface area contributed by atoms with Crippen LogP contribution in [-0.4, -0.2) is 24.9 Å². The number of carbonyl (C=O) groups excluding carboxylic acids is 1. The van der Waals surface area contributed by atoms with Crippen molar-refractivity contribution in [2.75, 3.05) is 10.5 Å². The van der Waals surface area contributed by atoms with E-state index in [1.807, 2.05) is 42.5 Å². The number of nitrogens with one attached hydrogen (secondary N) is 1. The van der Waals surface area contributed by atoms with Gasteiger partial charge in [0, 0.05) is 23.0 Å². The topological polar surface area (TPSA) is 85.4 Å². The number of anilines is 1. The number of carbonyl (C=O) groups is 1. The summed E-state index contributed by atoms with van der Waals surface area (Å²) >= 11 is 0. The zero-order chi connectivity index (χ0) is 21.4. The van der Waals surface area contributed by atoms with Gasteiger partial charge in [-0.1, -0.05) is 24.3 Å². The van der Waals surface area contributed by atoms with Gasteiger partial charge in [-0.3, -0.25) is 14.5 Å². The number of ether oxygens (including phenoxy) is 1. The Kier molecular flexibility index (Phi) is 6.98. The number of allylic oxidation sites excluding steroid dienone is 1. The predicted octanol–water partition coefficient (Wildman–Crippen LogP) is 4.32. The number of sulfonamides is 1. The van der Waals surface area contributed by atoms with E-state index >= 15 is 0 Å². The molecule has 0 aliphatic carbocycles. The van der Waals surface area contributed by atoms with Crippen LogP contribution >= 0.6 is 0 Å². The van der Waals surface area contributed by atoms with Crippen molar-refractivity contribution in [2.24, 2.45) is 0 Å². The lowest BCUT2D eigenvalue weighted by Crippen LogP contribution is -2.14. The predicted molar refractivity (Wildman–Crippen MR) is 118 cm³/mol. The van der Waals surface area contributed by atoms with Crippen LogP contribution in [0.2, 0.25) is 0 Å². The lowest BCUT2D eigenvalue weighted by Gasteiger charge is -2.08. The number of aromatic nitrogens is 1. The van der Waals surface area contributed by atoms with Crippen LogP contribution in [0.15, 0.2) is 79.0 Å². The Hall–Kier alpha value is -3.45. The number of rotatable bonds is 9. The third-order valence-corrected chi connectivity index (χ3v) is 5.56. The zero-order valence-electron chi connectivity index (χ0n) is 16.5. The molecule has 0 aliphatic heterocycles. The van der Waals surface area contributed by atoms with Gasteiger partial charge in [-0.25, -0.2) is 8.42 Å². The maximum atomic E-state index is 12.5. The molecule has 2 aromatic carbocycles. The molecule has 0 amide bonds. The maximum Gasteiger partial charge on any atom is 0.232 e. The fourth-order valence-electron chi connectivity index (χ4n) is 2.60. The molecule has 154 valence electrons. The fraction of sp³-hybridized carbons (Fsp3) is 0.130. The highest BCUT2D eigenvalue weighted by atomic mass is 32.2. The van der Waals surface area contributed by atoms with Gasteiger partial charge < -0.3 is 4.74 Å². The van der Waals surface area contributed by atoms with Crippen LogP contribution in [0.4, 0.5) is 5.69 Å². The number of para-hydroxylation sites is 1. The molecule has 1 N–H and O–H groups in total. The SMILES string of the molecule is CCS(=O)(=O)Nc1ccc(C(=O)/C=C/c2ccccc2OCc2ccccn2)cc1. The molecule has 3 rings (SSSR count). The van der Waals surface area contributed by atoms with E-state index in [1.165, 1.54) is 6.08 Å². The smallest absolute Gasteiger partial charge is 0.232 e. The molecule has 30 heavy (non-hydrogen) atoms. The Bertz CT molecular complexity index is 1130. The van der Waals surface area contributed by atoms with E-state index in [4.69, 9.17) is 4.74 Å². The third-order valence-electron chi connectivity index (χ3n) is 4.26. The van der Waals surface area contributed by atoms with Crippen LogP contribution in [0, 0.1) is 0 Å². The number of hydrogen-bond donors (Lipinski definition) is 1.